The summed E-state index contributed by atoms with van der Waals surface area (Å²) in [4.78, 5) is 13.8. The van der Waals surface area contributed by atoms with Gasteiger partial charge in [-0.15, -0.1) is 0 Å². The minimum absolute atomic E-state index is 0.329. The Bertz CT molecular complexity index is 543. The van der Waals surface area contributed by atoms with Crippen molar-refractivity contribution in [3.8, 4) is 0 Å². The van der Waals surface area contributed by atoms with Gasteiger partial charge in [0.2, 0.25) is 0 Å². The van der Waals surface area contributed by atoms with E-state index in [1.165, 1.54) is 12.8 Å². The van der Waals surface area contributed by atoms with Crippen molar-refractivity contribution in [2.75, 3.05) is 6.54 Å². The number of halogens is 1. The van der Waals surface area contributed by atoms with Crippen molar-refractivity contribution >= 4 is 21.9 Å². The third-order valence-corrected chi connectivity index (χ3v) is 5.88. The van der Waals surface area contributed by atoms with Crippen molar-refractivity contribution in [1.82, 2.24) is 14.7 Å². The van der Waals surface area contributed by atoms with Crippen LogP contribution in [0.25, 0.3) is 0 Å². The van der Waals surface area contributed by atoms with Crippen LogP contribution in [0.3, 0.4) is 0 Å². The van der Waals surface area contributed by atoms with Gasteiger partial charge in [0.1, 0.15) is 6.04 Å². The molecule has 0 radical (unpaired) electrons. The molecule has 0 amide bonds. The minimum atomic E-state index is -0.672. The number of aryl methyl sites for hydroxylation is 2. The van der Waals surface area contributed by atoms with Crippen LogP contribution in [-0.2, 0) is 18.4 Å². The molecule has 0 aromatic carbocycles. The molecule has 2 fully saturated rings. The Morgan fingerprint density at radius 3 is 2.85 bits per heavy atom. The van der Waals surface area contributed by atoms with E-state index < -0.39 is 5.97 Å². The number of aliphatic carboxylic acids is 1. The SMILES string of the molecule is Cc1nn(C)c(CN2CC3CCCC3C2C(=O)O)c1Br. The van der Waals surface area contributed by atoms with E-state index in [0.717, 1.165) is 28.8 Å². The summed E-state index contributed by atoms with van der Waals surface area (Å²) >= 11 is 3.57. The lowest BCUT2D eigenvalue weighted by Gasteiger charge is -2.24. The fourth-order valence-electron chi connectivity index (χ4n) is 3.94. The third-order valence-electron chi connectivity index (χ3n) is 4.85. The standard InChI is InChI=1S/C14H20BrN3O2/c1-8-12(15)11(17(2)16-8)7-18-6-9-4-3-5-10(9)13(18)14(19)20/h9-10,13H,3-7H2,1-2H3,(H,19,20). The lowest BCUT2D eigenvalue weighted by molar-refractivity contribution is -0.143. The first-order valence-electron chi connectivity index (χ1n) is 7.14. The van der Waals surface area contributed by atoms with Crippen molar-refractivity contribution in [2.24, 2.45) is 18.9 Å². The molecule has 3 atom stereocenters. The van der Waals surface area contributed by atoms with Gasteiger partial charge in [-0.25, -0.2) is 0 Å². The second-order valence-electron chi connectivity index (χ2n) is 6.04. The van der Waals surface area contributed by atoms with Crippen LogP contribution in [-0.4, -0.2) is 38.3 Å². The van der Waals surface area contributed by atoms with Gasteiger partial charge in [-0.1, -0.05) is 6.42 Å². The molecule has 5 nitrogen and oxygen atoms in total. The first-order valence-corrected chi connectivity index (χ1v) is 7.93. The summed E-state index contributed by atoms with van der Waals surface area (Å²) in [6, 6.07) is -0.329. The Balaban J connectivity index is 1.84. The summed E-state index contributed by atoms with van der Waals surface area (Å²) in [5, 5.41) is 14.0. The van der Waals surface area contributed by atoms with Crippen molar-refractivity contribution in [2.45, 2.75) is 38.8 Å². The first-order chi connectivity index (χ1) is 9.49. The maximum absolute atomic E-state index is 11.6. The number of likely N-dealkylation sites (tertiary alicyclic amines) is 1. The molecule has 110 valence electrons. The fourth-order valence-corrected chi connectivity index (χ4v) is 4.40. The van der Waals surface area contributed by atoms with Crippen molar-refractivity contribution in [1.29, 1.82) is 0 Å². The topological polar surface area (TPSA) is 58.4 Å². The van der Waals surface area contributed by atoms with Crippen LogP contribution < -0.4 is 0 Å². The Morgan fingerprint density at radius 1 is 1.50 bits per heavy atom. The second-order valence-corrected chi connectivity index (χ2v) is 6.83. The van der Waals surface area contributed by atoms with Crippen LogP contribution >= 0.6 is 15.9 Å². The summed E-state index contributed by atoms with van der Waals surface area (Å²) in [7, 11) is 1.92. The average Bonchev–Trinajstić information content (AvgIpc) is 2.98. The number of fused-ring (bicyclic) bond motifs is 1. The lowest BCUT2D eigenvalue weighted by atomic mass is 9.94. The highest BCUT2D eigenvalue weighted by atomic mass is 79.9. The van der Waals surface area contributed by atoms with Crippen molar-refractivity contribution < 1.29 is 9.90 Å². The zero-order valence-corrected chi connectivity index (χ0v) is 13.4. The van der Waals surface area contributed by atoms with E-state index in [2.05, 4.69) is 25.9 Å². The Hall–Kier alpha value is -0.880. The highest BCUT2D eigenvalue weighted by Crippen LogP contribution is 2.43. The smallest absolute Gasteiger partial charge is 0.321 e. The van der Waals surface area contributed by atoms with Crippen molar-refractivity contribution in [3.05, 3.63) is 15.9 Å². The molecule has 3 rings (SSSR count). The van der Waals surface area contributed by atoms with Crippen LogP contribution in [0.1, 0.15) is 30.7 Å². The molecule has 20 heavy (non-hydrogen) atoms. The molecule has 2 heterocycles. The van der Waals surface area contributed by atoms with E-state index in [-0.39, 0.29) is 6.04 Å². The average molecular weight is 342 g/mol. The molecule has 1 aromatic rings. The monoisotopic (exact) mass is 341 g/mol. The van der Waals surface area contributed by atoms with E-state index in [4.69, 9.17) is 0 Å². The summed E-state index contributed by atoms with van der Waals surface area (Å²) < 4.78 is 2.85. The molecule has 2 aliphatic rings. The summed E-state index contributed by atoms with van der Waals surface area (Å²) in [5.41, 5.74) is 2.02. The molecule has 1 aliphatic heterocycles. The van der Waals surface area contributed by atoms with Gasteiger partial charge < -0.3 is 5.11 Å². The number of carboxylic acids is 1. The molecular formula is C14H20BrN3O2. The van der Waals surface area contributed by atoms with E-state index >= 15 is 0 Å². The van der Waals surface area contributed by atoms with E-state index in [1.807, 2.05) is 18.7 Å². The number of rotatable bonds is 3. The third kappa shape index (κ3) is 2.19. The van der Waals surface area contributed by atoms with Gasteiger partial charge in [0, 0.05) is 20.1 Å². The maximum Gasteiger partial charge on any atom is 0.321 e. The summed E-state index contributed by atoms with van der Waals surface area (Å²) in [6.45, 7) is 3.52. The molecular weight excluding hydrogens is 322 g/mol. The zero-order valence-electron chi connectivity index (χ0n) is 11.8. The van der Waals surface area contributed by atoms with E-state index in [1.54, 1.807) is 0 Å². The molecule has 6 heteroatoms. The van der Waals surface area contributed by atoms with Crippen LogP contribution in [0.15, 0.2) is 4.47 Å². The lowest BCUT2D eigenvalue weighted by Crippen LogP contribution is -2.39. The first kappa shape index (κ1) is 14.1. The fraction of sp³-hybridized carbons (Fsp3) is 0.714. The maximum atomic E-state index is 11.6. The molecule has 1 aromatic heterocycles. The van der Waals surface area contributed by atoms with Gasteiger partial charge >= 0.3 is 5.97 Å². The molecule has 0 spiro atoms. The van der Waals surface area contributed by atoms with Crippen LogP contribution in [0, 0.1) is 18.8 Å². The number of hydrogen-bond acceptors (Lipinski definition) is 3. The van der Waals surface area contributed by atoms with E-state index in [9.17, 15) is 9.90 Å². The normalized spacial score (nSPS) is 29.9. The molecule has 1 saturated carbocycles. The van der Waals surface area contributed by atoms with Gasteiger partial charge in [0.05, 0.1) is 15.9 Å². The van der Waals surface area contributed by atoms with E-state index in [0.29, 0.717) is 18.4 Å². The number of hydrogen-bond donors (Lipinski definition) is 1. The van der Waals surface area contributed by atoms with Gasteiger partial charge in [-0.05, 0) is 47.5 Å². The highest BCUT2D eigenvalue weighted by molar-refractivity contribution is 9.10. The molecule has 1 aliphatic carbocycles. The summed E-state index contributed by atoms with van der Waals surface area (Å²) in [5.74, 6) is 0.221. The van der Waals surface area contributed by atoms with Crippen LogP contribution in [0.5, 0.6) is 0 Å². The quantitative estimate of drug-likeness (QED) is 0.915. The van der Waals surface area contributed by atoms with Crippen LogP contribution in [0.4, 0.5) is 0 Å². The second kappa shape index (κ2) is 5.15. The summed E-state index contributed by atoms with van der Waals surface area (Å²) in [6.07, 6.45) is 3.42. The molecule has 0 bridgehead atoms. The number of aromatic nitrogens is 2. The molecule has 3 unspecified atom stereocenters. The van der Waals surface area contributed by atoms with Gasteiger partial charge in [-0.3, -0.25) is 14.4 Å². The predicted molar refractivity (Wildman–Crippen MR) is 78.3 cm³/mol. The minimum Gasteiger partial charge on any atom is -0.480 e. The Morgan fingerprint density at radius 2 is 2.25 bits per heavy atom. The number of carbonyl (C=O) groups is 1. The molecule has 1 saturated heterocycles. The largest absolute Gasteiger partial charge is 0.480 e. The van der Waals surface area contributed by atoms with Gasteiger partial charge in [-0.2, -0.15) is 5.10 Å². The zero-order chi connectivity index (χ0) is 14.4. The van der Waals surface area contributed by atoms with Crippen LogP contribution in [0.2, 0.25) is 0 Å². The number of carboxylic acid groups (broad SMARTS) is 1. The Kier molecular flexibility index (Phi) is 3.62. The predicted octanol–water partition coefficient (Wildman–Crippen LogP) is 2.18. The van der Waals surface area contributed by atoms with Crippen molar-refractivity contribution in [3.63, 3.8) is 0 Å². The number of nitrogens with zero attached hydrogens (tertiary/aromatic N) is 3. The van der Waals surface area contributed by atoms with Gasteiger partial charge in [0.25, 0.3) is 0 Å². The Labute approximate surface area is 127 Å². The molecule has 1 N–H and O–H groups in total. The highest BCUT2D eigenvalue weighted by Gasteiger charge is 2.47. The van der Waals surface area contributed by atoms with Gasteiger partial charge in [0.15, 0.2) is 0 Å².